The highest BCUT2D eigenvalue weighted by Crippen LogP contribution is 2.38. The number of rotatable bonds is 3. The van der Waals surface area contributed by atoms with Crippen molar-refractivity contribution >= 4 is 34.0 Å². The van der Waals surface area contributed by atoms with Crippen LogP contribution in [0.3, 0.4) is 0 Å². The quantitative estimate of drug-likeness (QED) is 0.485. The summed E-state index contributed by atoms with van der Waals surface area (Å²) < 4.78 is 0. The van der Waals surface area contributed by atoms with Gasteiger partial charge in [0, 0.05) is 5.39 Å². The summed E-state index contributed by atoms with van der Waals surface area (Å²) in [5.74, 6) is 0.253. The van der Waals surface area contributed by atoms with E-state index in [1.54, 1.807) is 12.1 Å². The van der Waals surface area contributed by atoms with Crippen molar-refractivity contribution in [2.75, 3.05) is 0 Å². The molecule has 7 heteroatoms. The molecule has 0 atom stereocenters. The van der Waals surface area contributed by atoms with Crippen LogP contribution in [0.5, 0.6) is 5.88 Å². The van der Waals surface area contributed by atoms with E-state index in [0.717, 1.165) is 22.0 Å². The van der Waals surface area contributed by atoms with Crippen molar-refractivity contribution in [2.45, 2.75) is 0 Å². The normalized spacial score (nSPS) is 11.4. The largest absolute Gasteiger partial charge is 0.493 e. The third-order valence-corrected chi connectivity index (χ3v) is 3.93. The Balaban J connectivity index is 1.77. The summed E-state index contributed by atoms with van der Waals surface area (Å²) in [5, 5.41) is 26.9. The van der Waals surface area contributed by atoms with Crippen LogP contribution >= 0.6 is 11.6 Å². The third kappa shape index (κ3) is 3.07. The van der Waals surface area contributed by atoms with Gasteiger partial charge in [0.2, 0.25) is 5.88 Å². The van der Waals surface area contributed by atoms with Crippen LogP contribution in [-0.2, 0) is 0 Å². The number of aromatic nitrogens is 3. The van der Waals surface area contributed by atoms with Gasteiger partial charge in [0.25, 0.3) is 0 Å². The molecule has 0 saturated heterocycles. The topological polar surface area (TPSA) is 86.5 Å². The zero-order chi connectivity index (χ0) is 17.2. The molecule has 0 bridgehead atoms. The molecule has 0 unspecified atom stereocenters. The van der Waals surface area contributed by atoms with Crippen LogP contribution in [0.25, 0.3) is 22.0 Å². The van der Waals surface area contributed by atoms with Crippen LogP contribution < -0.4 is 0 Å². The van der Waals surface area contributed by atoms with Crippen LogP contribution in [0.1, 0.15) is 0 Å². The van der Waals surface area contributed by atoms with Crippen LogP contribution in [0, 0.1) is 0 Å². The third-order valence-electron chi connectivity index (χ3n) is 3.73. The molecule has 0 aliphatic carbocycles. The molecule has 0 saturated carbocycles. The van der Waals surface area contributed by atoms with Gasteiger partial charge in [0.1, 0.15) is 0 Å². The molecule has 4 rings (SSSR count). The lowest BCUT2D eigenvalue weighted by molar-refractivity contribution is 0.459. The van der Waals surface area contributed by atoms with Crippen LogP contribution in [0.15, 0.2) is 70.9 Å². The van der Waals surface area contributed by atoms with E-state index in [2.05, 4.69) is 25.4 Å². The first-order valence-corrected chi connectivity index (χ1v) is 7.89. The molecule has 0 amide bonds. The Hall–Kier alpha value is -3.25. The number of aromatic amines is 1. The highest BCUT2D eigenvalue weighted by molar-refractivity contribution is 6.29. The van der Waals surface area contributed by atoms with Crippen molar-refractivity contribution < 1.29 is 5.11 Å². The molecule has 122 valence electrons. The molecule has 2 N–H and O–H groups in total. The van der Waals surface area contributed by atoms with Gasteiger partial charge < -0.3 is 10.1 Å². The maximum atomic E-state index is 10.2. The summed E-state index contributed by atoms with van der Waals surface area (Å²) in [7, 11) is 0. The Labute approximate surface area is 147 Å². The monoisotopic (exact) mass is 349 g/mol. The molecule has 0 radical (unpaired) electrons. The fourth-order valence-corrected chi connectivity index (χ4v) is 2.64. The predicted octanol–water partition coefficient (Wildman–Crippen LogP) is 5.40. The number of azo groups is 1. The zero-order valence-electron chi connectivity index (χ0n) is 12.9. The van der Waals surface area contributed by atoms with E-state index in [9.17, 15) is 5.11 Å². The number of nitrogens with one attached hydrogen (secondary N) is 1. The molecule has 0 aliphatic rings. The van der Waals surface area contributed by atoms with Gasteiger partial charge in [-0.05, 0) is 35.4 Å². The minimum atomic E-state index is -0.0501. The molecular weight excluding hydrogens is 338 g/mol. The minimum Gasteiger partial charge on any atom is -0.493 e. The summed E-state index contributed by atoms with van der Waals surface area (Å²) in [6.07, 6.45) is 0. The Morgan fingerprint density at radius 1 is 0.880 bits per heavy atom. The molecular formula is C18H12ClN5O. The molecule has 25 heavy (non-hydrogen) atoms. The van der Waals surface area contributed by atoms with E-state index in [4.69, 9.17) is 11.6 Å². The molecule has 0 aliphatic heterocycles. The zero-order valence-corrected chi connectivity index (χ0v) is 13.6. The van der Waals surface area contributed by atoms with Gasteiger partial charge in [-0.1, -0.05) is 48.0 Å². The first kappa shape index (κ1) is 15.3. The SMILES string of the molecule is Oc1[nH]c2ccc(-c3ccccc3)cc2c1N=Nc1ccc(Cl)nn1. The fourth-order valence-electron chi connectivity index (χ4n) is 2.54. The second-order valence-corrected chi connectivity index (χ2v) is 5.75. The van der Waals surface area contributed by atoms with Crippen LogP contribution in [0.4, 0.5) is 11.5 Å². The number of benzene rings is 2. The van der Waals surface area contributed by atoms with Gasteiger partial charge in [-0.3, -0.25) is 0 Å². The molecule has 6 nitrogen and oxygen atoms in total. The van der Waals surface area contributed by atoms with Gasteiger partial charge >= 0.3 is 0 Å². The lowest BCUT2D eigenvalue weighted by atomic mass is 10.0. The summed E-state index contributed by atoms with van der Waals surface area (Å²) in [6.45, 7) is 0. The van der Waals surface area contributed by atoms with Crippen molar-refractivity contribution in [1.29, 1.82) is 0 Å². The maximum absolute atomic E-state index is 10.2. The first-order valence-electron chi connectivity index (χ1n) is 7.52. The minimum absolute atomic E-state index is 0.0501. The average Bonchev–Trinajstić information content (AvgIpc) is 2.96. The van der Waals surface area contributed by atoms with E-state index >= 15 is 0 Å². The number of aromatic hydroxyl groups is 1. The number of hydrogen-bond acceptors (Lipinski definition) is 5. The molecule has 0 fully saturated rings. The van der Waals surface area contributed by atoms with Crippen molar-refractivity contribution in [3.05, 3.63) is 65.8 Å². The summed E-state index contributed by atoms with van der Waals surface area (Å²) in [5.41, 5.74) is 3.23. The first-order chi connectivity index (χ1) is 12.2. The van der Waals surface area contributed by atoms with Gasteiger partial charge in [-0.2, -0.15) is 0 Å². The Morgan fingerprint density at radius 2 is 1.72 bits per heavy atom. The van der Waals surface area contributed by atoms with Crippen molar-refractivity contribution in [3.8, 4) is 17.0 Å². The standard InChI is InChI=1S/C18H12ClN5O/c19-15-8-9-16(22-21-15)23-24-17-13-10-12(11-4-2-1-3-5-11)6-7-14(13)20-18(17)25/h1-10,20,25H. The van der Waals surface area contributed by atoms with E-state index in [1.165, 1.54) is 0 Å². The van der Waals surface area contributed by atoms with Gasteiger partial charge in [0.05, 0.1) is 5.52 Å². The second kappa shape index (κ2) is 6.33. The van der Waals surface area contributed by atoms with Crippen molar-refractivity contribution in [2.24, 2.45) is 10.2 Å². The smallest absolute Gasteiger partial charge is 0.218 e. The van der Waals surface area contributed by atoms with E-state index in [-0.39, 0.29) is 11.0 Å². The Bertz CT molecular complexity index is 1060. The maximum Gasteiger partial charge on any atom is 0.218 e. The summed E-state index contributed by atoms with van der Waals surface area (Å²) in [4.78, 5) is 2.90. The Morgan fingerprint density at radius 3 is 2.48 bits per heavy atom. The molecule has 0 spiro atoms. The lowest BCUT2D eigenvalue weighted by Crippen LogP contribution is -1.79. The van der Waals surface area contributed by atoms with E-state index in [1.807, 2.05) is 48.5 Å². The number of halogens is 1. The van der Waals surface area contributed by atoms with Gasteiger partial charge in [0.15, 0.2) is 16.7 Å². The number of fused-ring (bicyclic) bond motifs is 1. The number of nitrogens with zero attached hydrogens (tertiary/aromatic N) is 4. The summed E-state index contributed by atoms with van der Waals surface area (Å²) >= 11 is 5.70. The molecule has 4 aromatic rings. The van der Waals surface area contributed by atoms with E-state index < -0.39 is 0 Å². The van der Waals surface area contributed by atoms with Crippen molar-refractivity contribution in [1.82, 2.24) is 15.2 Å². The lowest BCUT2D eigenvalue weighted by Gasteiger charge is -2.01. The molecule has 2 aromatic heterocycles. The van der Waals surface area contributed by atoms with Crippen molar-refractivity contribution in [3.63, 3.8) is 0 Å². The molecule has 2 aromatic carbocycles. The van der Waals surface area contributed by atoms with Crippen LogP contribution in [-0.4, -0.2) is 20.3 Å². The van der Waals surface area contributed by atoms with Crippen LogP contribution in [0.2, 0.25) is 5.15 Å². The summed E-state index contributed by atoms with van der Waals surface area (Å²) in [6, 6.07) is 19.0. The second-order valence-electron chi connectivity index (χ2n) is 5.36. The van der Waals surface area contributed by atoms with Gasteiger partial charge in [-0.25, -0.2) is 0 Å². The van der Waals surface area contributed by atoms with E-state index in [0.29, 0.717) is 11.5 Å². The molecule has 2 heterocycles. The number of H-pyrrole nitrogens is 1. The van der Waals surface area contributed by atoms with Gasteiger partial charge in [-0.15, -0.1) is 20.4 Å². The Kier molecular flexibility index (Phi) is 3.87. The predicted molar refractivity (Wildman–Crippen MR) is 96.6 cm³/mol. The fraction of sp³-hybridized carbons (Fsp3) is 0. The average molecular weight is 350 g/mol. The number of hydrogen-bond donors (Lipinski definition) is 2. The highest BCUT2D eigenvalue weighted by atomic mass is 35.5. The highest BCUT2D eigenvalue weighted by Gasteiger charge is 2.12.